The van der Waals surface area contributed by atoms with E-state index >= 15 is 0 Å². The molecule has 0 atom stereocenters. The van der Waals surface area contributed by atoms with Crippen molar-refractivity contribution in [1.82, 2.24) is 0 Å². The molecule has 0 fully saturated rings. The van der Waals surface area contributed by atoms with Crippen LogP contribution >= 0.6 is 0 Å². The quantitative estimate of drug-likeness (QED) is 0.184. The third-order valence-electron chi connectivity index (χ3n) is 5.88. The molecule has 0 heterocycles. The second kappa shape index (κ2) is 15.7. The Morgan fingerprint density at radius 3 is 1.82 bits per heavy atom. The van der Waals surface area contributed by atoms with Crippen LogP contribution in [-0.4, -0.2) is 13.2 Å². The lowest BCUT2D eigenvalue weighted by molar-refractivity contribution is 0.572. The van der Waals surface area contributed by atoms with Crippen molar-refractivity contribution in [2.75, 3.05) is 0 Å². The van der Waals surface area contributed by atoms with E-state index in [-0.39, 0.29) is 0 Å². The Labute approximate surface area is 210 Å². The van der Waals surface area contributed by atoms with Gasteiger partial charge in [-0.2, -0.15) is 0 Å². The first kappa shape index (κ1) is 29.9. The van der Waals surface area contributed by atoms with Crippen molar-refractivity contribution in [3.63, 3.8) is 0 Å². The van der Waals surface area contributed by atoms with Gasteiger partial charge < -0.3 is 0 Å². The van der Waals surface area contributed by atoms with Crippen molar-refractivity contribution in [1.29, 1.82) is 0 Å². The van der Waals surface area contributed by atoms with Crippen molar-refractivity contribution in [3.8, 4) is 0 Å². The van der Waals surface area contributed by atoms with E-state index in [9.17, 15) is 8.42 Å². The Hall–Kier alpha value is -2.13. The molecule has 0 unspecified atom stereocenters. The van der Waals surface area contributed by atoms with Crippen molar-refractivity contribution in [2.45, 2.75) is 103 Å². The average molecular weight is 483 g/mol. The van der Waals surface area contributed by atoms with Crippen LogP contribution < -0.4 is 0 Å². The van der Waals surface area contributed by atoms with Crippen LogP contribution in [-0.2, 0) is 9.84 Å². The molecule has 1 rings (SSSR count). The third kappa shape index (κ3) is 11.8. The zero-order valence-electron chi connectivity index (χ0n) is 22.3. The minimum Gasteiger partial charge on any atom is -0.223 e. The lowest BCUT2D eigenvalue weighted by Gasteiger charge is -2.21. The lowest BCUT2D eigenvalue weighted by atomic mass is 10.1. The summed E-state index contributed by atoms with van der Waals surface area (Å²) in [4.78, 5) is 0.374. The van der Waals surface area contributed by atoms with Gasteiger partial charge in [-0.25, -0.2) is 8.42 Å². The van der Waals surface area contributed by atoms with E-state index < -0.39 is 14.6 Å². The maximum atomic E-state index is 12.9. The highest BCUT2D eigenvalue weighted by Gasteiger charge is 2.32. The highest BCUT2D eigenvalue weighted by Crippen LogP contribution is 2.26. The molecule has 0 N–H and O–H groups in total. The summed E-state index contributed by atoms with van der Waals surface area (Å²) in [6, 6.07) is 8.69. The van der Waals surface area contributed by atoms with Crippen LogP contribution in [0.4, 0.5) is 0 Å². The molecule has 0 saturated heterocycles. The van der Waals surface area contributed by atoms with Crippen LogP contribution in [0.15, 0.2) is 94.5 Å². The summed E-state index contributed by atoms with van der Waals surface area (Å²) in [5, 5.41) is 0. The zero-order valence-corrected chi connectivity index (χ0v) is 23.1. The van der Waals surface area contributed by atoms with E-state index in [0.29, 0.717) is 4.90 Å². The smallest absolute Gasteiger partial charge is 0.187 e. The van der Waals surface area contributed by atoms with Gasteiger partial charge in [-0.1, -0.05) is 77.5 Å². The molecule has 2 nitrogen and oxygen atoms in total. The molecule has 0 aromatic heterocycles. The summed E-state index contributed by atoms with van der Waals surface area (Å²) in [5.74, 6) is 0. The molecule has 0 aliphatic carbocycles. The maximum Gasteiger partial charge on any atom is 0.187 e. The van der Waals surface area contributed by atoms with E-state index in [2.05, 4.69) is 58.1 Å². The van der Waals surface area contributed by atoms with Gasteiger partial charge in [0.1, 0.15) is 0 Å². The van der Waals surface area contributed by atoms with Gasteiger partial charge in [0.05, 0.1) is 9.64 Å². The van der Waals surface area contributed by atoms with E-state index in [1.807, 2.05) is 18.2 Å². The predicted molar refractivity (Wildman–Crippen MR) is 150 cm³/mol. The number of hydrogen-bond acceptors (Lipinski definition) is 2. The summed E-state index contributed by atoms with van der Waals surface area (Å²) in [5.41, 5.74) is 4.28. The normalized spacial score (nSPS) is 13.7. The highest BCUT2D eigenvalue weighted by atomic mass is 32.2. The minimum atomic E-state index is -3.39. The van der Waals surface area contributed by atoms with Gasteiger partial charge in [-0.3, -0.25) is 0 Å². The van der Waals surface area contributed by atoms with E-state index in [1.54, 1.807) is 38.1 Å². The van der Waals surface area contributed by atoms with E-state index in [0.717, 1.165) is 51.4 Å². The Balaban J connectivity index is 2.31. The first-order valence-electron chi connectivity index (χ1n) is 12.6. The number of benzene rings is 1. The van der Waals surface area contributed by atoms with Gasteiger partial charge in [0, 0.05) is 0 Å². The molecule has 34 heavy (non-hydrogen) atoms. The average Bonchev–Trinajstić information content (AvgIpc) is 2.78. The Bertz CT molecular complexity index is 968. The summed E-state index contributed by atoms with van der Waals surface area (Å²) >= 11 is 0. The molecule has 1 aromatic carbocycles. The van der Waals surface area contributed by atoms with Crippen LogP contribution in [0.25, 0.3) is 0 Å². The summed E-state index contributed by atoms with van der Waals surface area (Å²) in [7, 11) is -3.39. The standard InChI is InChI=1S/C31H46O2S/c1-27(2)19-18-23-29(4)21-13-9-7-8-12-20-28(3)22-14-11-17-26-31(5,6)34(32,33)30-24-15-10-16-25-30/h7-8,10,15-17,19,21-22,24-26H,9,11-14,18,20,23H2,1-6H3. The van der Waals surface area contributed by atoms with Gasteiger partial charge in [0.2, 0.25) is 0 Å². The first-order valence-corrected chi connectivity index (χ1v) is 14.1. The van der Waals surface area contributed by atoms with Gasteiger partial charge in [0.15, 0.2) is 9.84 Å². The number of sulfone groups is 1. The summed E-state index contributed by atoms with van der Waals surface area (Å²) in [6.45, 7) is 12.2. The molecular weight excluding hydrogens is 436 g/mol. The van der Waals surface area contributed by atoms with Crippen molar-refractivity contribution in [3.05, 3.63) is 89.6 Å². The number of unbranched alkanes of at least 4 members (excludes halogenated alkanes) is 2. The largest absolute Gasteiger partial charge is 0.223 e. The van der Waals surface area contributed by atoms with Gasteiger partial charge in [-0.05, 0) is 105 Å². The number of allylic oxidation sites excluding steroid dienone is 9. The molecule has 1 aromatic rings. The van der Waals surface area contributed by atoms with Crippen molar-refractivity contribution >= 4 is 9.84 Å². The fraction of sp³-hybridized carbons (Fsp3) is 0.484. The Morgan fingerprint density at radius 1 is 0.706 bits per heavy atom. The third-order valence-corrected chi connectivity index (χ3v) is 8.29. The topological polar surface area (TPSA) is 34.1 Å². The van der Waals surface area contributed by atoms with Crippen molar-refractivity contribution in [2.24, 2.45) is 0 Å². The molecule has 0 spiro atoms. The Morgan fingerprint density at radius 2 is 1.24 bits per heavy atom. The monoisotopic (exact) mass is 482 g/mol. The number of rotatable bonds is 15. The van der Waals surface area contributed by atoms with Crippen LogP contribution in [0.5, 0.6) is 0 Å². The molecule has 0 aliphatic rings. The lowest BCUT2D eigenvalue weighted by Crippen LogP contribution is -2.29. The molecule has 3 heteroatoms. The molecular formula is C31H46O2S. The SMILES string of the molecule is CC(C)=CCCC(C)=CCCC=CCCC(C)=CCCC=CC(C)(C)S(=O)(=O)c1ccccc1. The second-order valence-electron chi connectivity index (χ2n) is 9.91. The van der Waals surface area contributed by atoms with Gasteiger partial charge >= 0.3 is 0 Å². The summed E-state index contributed by atoms with van der Waals surface area (Å²) in [6.07, 6.45) is 23.8. The first-order chi connectivity index (χ1) is 16.1. The van der Waals surface area contributed by atoms with Crippen LogP contribution in [0.1, 0.15) is 92.9 Å². The van der Waals surface area contributed by atoms with E-state index in [4.69, 9.17) is 0 Å². The minimum absolute atomic E-state index is 0.374. The van der Waals surface area contributed by atoms with Gasteiger partial charge in [-0.15, -0.1) is 0 Å². The molecule has 0 aliphatic heterocycles. The fourth-order valence-electron chi connectivity index (χ4n) is 3.55. The van der Waals surface area contributed by atoms with Crippen molar-refractivity contribution < 1.29 is 8.42 Å². The highest BCUT2D eigenvalue weighted by molar-refractivity contribution is 7.93. The maximum absolute atomic E-state index is 12.9. The molecule has 0 bridgehead atoms. The second-order valence-corrected chi connectivity index (χ2v) is 12.4. The summed E-state index contributed by atoms with van der Waals surface area (Å²) < 4.78 is 24.8. The number of hydrogen-bond donors (Lipinski definition) is 0. The Kier molecular flexibility index (Phi) is 13.8. The fourth-order valence-corrected chi connectivity index (χ4v) is 4.95. The van der Waals surface area contributed by atoms with Crippen LogP contribution in [0.3, 0.4) is 0 Å². The predicted octanol–water partition coefficient (Wildman–Crippen LogP) is 9.33. The molecule has 188 valence electrons. The van der Waals surface area contributed by atoms with Gasteiger partial charge in [0.25, 0.3) is 0 Å². The zero-order chi connectivity index (χ0) is 25.5. The molecule has 0 radical (unpaired) electrons. The molecule has 0 amide bonds. The van der Waals surface area contributed by atoms with Crippen LogP contribution in [0.2, 0.25) is 0 Å². The molecule has 0 saturated carbocycles. The van der Waals surface area contributed by atoms with E-state index in [1.165, 1.54) is 16.7 Å². The van der Waals surface area contributed by atoms with Crippen LogP contribution in [0, 0.1) is 0 Å².